The van der Waals surface area contributed by atoms with Gasteiger partial charge in [0.1, 0.15) is 16.3 Å². The van der Waals surface area contributed by atoms with Gasteiger partial charge in [0.2, 0.25) is 15.9 Å². The Morgan fingerprint density at radius 3 is 2.47 bits per heavy atom. The van der Waals surface area contributed by atoms with Gasteiger partial charge in [-0.1, -0.05) is 0 Å². The van der Waals surface area contributed by atoms with Crippen molar-refractivity contribution in [2.24, 2.45) is 0 Å². The second-order valence-electron chi connectivity index (χ2n) is 7.51. The zero-order valence-electron chi connectivity index (χ0n) is 17.1. The van der Waals surface area contributed by atoms with Crippen LogP contribution in [-0.2, 0) is 21.4 Å². The zero-order valence-corrected chi connectivity index (χ0v) is 17.9. The van der Waals surface area contributed by atoms with Crippen LogP contribution in [0.4, 0.5) is 13.2 Å². The lowest BCUT2D eigenvalue weighted by Crippen LogP contribution is -2.53. The number of carboxylic acid groups (broad SMARTS) is 1. The van der Waals surface area contributed by atoms with Crippen molar-refractivity contribution < 1.29 is 40.6 Å². The molecule has 4 rings (SSSR count). The third kappa shape index (κ3) is 5.40. The van der Waals surface area contributed by atoms with Crippen molar-refractivity contribution in [3.8, 4) is 5.88 Å². The van der Waals surface area contributed by atoms with E-state index in [-0.39, 0.29) is 10.8 Å². The smallest absolute Gasteiger partial charge is 0.475 e. The fraction of sp³-hybridized carbons (Fsp3) is 0.474. The van der Waals surface area contributed by atoms with E-state index in [1.807, 2.05) is 12.1 Å². The summed E-state index contributed by atoms with van der Waals surface area (Å²) < 4.78 is 70.2. The molecule has 2 aliphatic rings. The van der Waals surface area contributed by atoms with Crippen LogP contribution in [0.25, 0.3) is 0 Å². The molecule has 0 bridgehead atoms. The Bertz CT molecular complexity index is 1030. The number of hydrogen-bond donors (Lipinski definition) is 1. The van der Waals surface area contributed by atoms with Crippen LogP contribution >= 0.6 is 0 Å². The molecule has 2 aliphatic heterocycles. The van der Waals surface area contributed by atoms with Gasteiger partial charge in [0.15, 0.2) is 0 Å². The first-order valence-electron chi connectivity index (χ1n) is 9.58. The molecule has 0 atom stereocenters. The van der Waals surface area contributed by atoms with Crippen LogP contribution < -0.4 is 4.74 Å². The van der Waals surface area contributed by atoms with Gasteiger partial charge in [-0.3, -0.25) is 4.90 Å². The average Bonchev–Trinajstić information content (AvgIpc) is 3.20. The van der Waals surface area contributed by atoms with Crippen molar-refractivity contribution in [3.05, 3.63) is 42.5 Å². The van der Waals surface area contributed by atoms with Gasteiger partial charge in [0.05, 0.1) is 19.4 Å². The van der Waals surface area contributed by atoms with Crippen molar-refractivity contribution in [3.63, 3.8) is 0 Å². The molecule has 1 fully saturated rings. The minimum absolute atomic E-state index is 0.146. The number of piperidine rings is 1. The second kappa shape index (κ2) is 9.08. The topological polar surface area (TPSA) is 113 Å². The molecule has 0 saturated carbocycles. The Balaban J connectivity index is 0.000000360. The summed E-state index contributed by atoms with van der Waals surface area (Å²) >= 11 is 0. The van der Waals surface area contributed by atoms with Crippen molar-refractivity contribution in [2.45, 2.75) is 36.1 Å². The summed E-state index contributed by atoms with van der Waals surface area (Å²) in [6.45, 7) is 2.72. The highest BCUT2D eigenvalue weighted by Crippen LogP contribution is 2.37. The van der Waals surface area contributed by atoms with Gasteiger partial charge in [0.25, 0.3) is 0 Å². The molecule has 1 spiro atoms. The number of pyridine rings is 1. The Morgan fingerprint density at radius 1 is 1.25 bits per heavy atom. The largest absolute Gasteiger partial charge is 0.490 e. The molecule has 2 aromatic heterocycles. The summed E-state index contributed by atoms with van der Waals surface area (Å²) in [6, 6.07) is 7.03. The molecule has 0 aromatic carbocycles. The standard InChI is InChI=1S/C17H21N3O4S.C2HF3O2/c1-19-13-17(24-16-15(25(19,21)22)5-2-8-18-16)6-9-20(10-7-17)12-14-4-3-11-23-14;3-2(4,5)1(6)7/h2-5,8,11H,6-7,9-10,12-13H2,1H3;(H,6,7). The first-order valence-corrected chi connectivity index (χ1v) is 11.0. The van der Waals surface area contributed by atoms with E-state index in [0.29, 0.717) is 6.54 Å². The van der Waals surface area contributed by atoms with E-state index in [2.05, 4.69) is 9.88 Å². The van der Waals surface area contributed by atoms with E-state index in [1.165, 1.54) is 4.31 Å². The molecular formula is C19H22F3N3O6S. The minimum atomic E-state index is -5.08. The second-order valence-corrected chi connectivity index (χ2v) is 9.52. The lowest BCUT2D eigenvalue weighted by molar-refractivity contribution is -0.192. The van der Waals surface area contributed by atoms with Gasteiger partial charge in [-0.15, -0.1) is 0 Å². The summed E-state index contributed by atoms with van der Waals surface area (Å²) in [7, 11) is -1.96. The molecule has 0 unspecified atom stereocenters. The molecular weight excluding hydrogens is 455 g/mol. The van der Waals surface area contributed by atoms with Crippen LogP contribution in [0.1, 0.15) is 18.6 Å². The molecule has 2 aromatic rings. The fourth-order valence-corrected chi connectivity index (χ4v) is 4.85. The van der Waals surface area contributed by atoms with Crippen molar-refractivity contribution >= 4 is 16.0 Å². The maximum absolute atomic E-state index is 12.7. The number of ether oxygens (including phenoxy) is 1. The van der Waals surface area contributed by atoms with Crippen LogP contribution in [0.15, 0.2) is 46.0 Å². The Kier molecular flexibility index (Phi) is 6.81. The van der Waals surface area contributed by atoms with Gasteiger partial charge in [-0.2, -0.15) is 17.5 Å². The summed E-state index contributed by atoms with van der Waals surface area (Å²) in [5, 5.41) is 7.12. The Morgan fingerprint density at radius 2 is 1.91 bits per heavy atom. The number of carbonyl (C=O) groups is 1. The van der Waals surface area contributed by atoms with E-state index in [0.717, 1.165) is 38.2 Å². The monoisotopic (exact) mass is 477 g/mol. The molecule has 4 heterocycles. The molecule has 13 heteroatoms. The number of nitrogens with zero attached hydrogens (tertiary/aromatic N) is 3. The number of fused-ring (bicyclic) bond motifs is 1. The number of likely N-dealkylation sites (tertiary alicyclic amines) is 1. The van der Waals surface area contributed by atoms with Gasteiger partial charge < -0.3 is 14.3 Å². The zero-order chi connectivity index (χ0) is 23.6. The van der Waals surface area contributed by atoms with E-state index in [9.17, 15) is 21.6 Å². The minimum Gasteiger partial charge on any atom is -0.475 e. The van der Waals surface area contributed by atoms with Crippen molar-refractivity contribution in [1.82, 2.24) is 14.2 Å². The number of carboxylic acids is 1. The van der Waals surface area contributed by atoms with Gasteiger partial charge in [0, 0.05) is 39.2 Å². The van der Waals surface area contributed by atoms with Gasteiger partial charge in [-0.25, -0.2) is 18.2 Å². The van der Waals surface area contributed by atoms with Crippen LogP contribution in [0.2, 0.25) is 0 Å². The predicted octanol–water partition coefficient (Wildman–Crippen LogP) is 2.36. The summed E-state index contributed by atoms with van der Waals surface area (Å²) in [5.74, 6) is -1.61. The summed E-state index contributed by atoms with van der Waals surface area (Å²) in [4.78, 5) is 15.5. The lowest BCUT2D eigenvalue weighted by Gasteiger charge is -2.41. The summed E-state index contributed by atoms with van der Waals surface area (Å²) in [5.41, 5.74) is -0.541. The quantitative estimate of drug-likeness (QED) is 0.702. The predicted molar refractivity (Wildman–Crippen MR) is 104 cm³/mol. The number of sulfonamides is 1. The van der Waals surface area contributed by atoms with E-state index < -0.39 is 27.8 Å². The summed E-state index contributed by atoms with van der Waals surface area (Å²) in [6.07, 6.45) is -0.357. The van der Waals surface area contributed by atoms with Crippen molar-refractivity contribution in [1.29, 1.82) is 0 Å². The number of rotatable bonds is 2. The van der Waals surface area contributed by atoms with Gasteiger partial charge in [-0.05, 0) is 24.3 Å². The normalized spacial score (nSPS) is 20.4. The van der Waals surface area contributed by atoms with Crippen LogP contribution in [0, 0.1) is 0 Å². The molecule has 32 heavy (non-hydrogen) atoms. The number of halogens is 3. The number of furan rings is 1. The van der Waals surface area contributed by atoms with Crippen LogP contribution in [0.5, 0.6) is 5.88 Å². The first kappa shape index (κ1) is 24.0. The molecule has 1 N–H and O–H groups in total. The van der Waals surface area contributed by atoms with E-state index in [4.69, 9.17) is 19.1 Å². The maximum atomic E-state index is 12.7. The molecule has 176 valence electrons. The molecule has 0 aliphatic carbocycles. The maximum Gasteiger partial charge on any atom is 0.490 e. The average molecular weight is 477 g/mol. The van der Waals surface area contributed by atoms with Crippen LogP contribution in [0.3, 0.4) is 0 Å². The number of alkyl halides is 3. The Labute approximate surface area is 182 Å². The van der Waals surface area contributed by atoms with Gasteiger partial charge >= 0.3 is 12.1 Å². The highest BCUT2D eigenvalue weighted by molar-refractivity contribution is 7.89. The number of aliphatic carboxylic acids is 1. The highest BCUT2D eigenvalue weighted by Gasteiger charge is 2.44. The molecule has 1 saturated heterocycles. The third-order valence-corrected chi connectivity index (χ3v) is 7.03. The van der Waals surface area contributed by atoms with Crippen molar-refractivity contribution in [2.75, 3.05) is 26.7 Å². The highest BCUT2D eigenvalue weighted by atomic mass is 32.2. The molecule has 9 nitrogen and oxygen atoms in total. The molecule has 0 radical (unpaired) electrons. The van der Waals surface area contributed by atoms with E-state index in [1.54, 1.807) is 31.6 Å². The fourth-order valence-electron chi connectivity index (χ4n) is 3.55. The number of likely N-dealkylation sites (N-methyl/N-ethyl adjacent to an activating group) is 1. The Hall–Kier alpha value is -2.64. The van der Waals surface area contributed by atoms with E-state index >= 15 is 0 Å². The number of aromatic nitrogens is 1. The number of hydrogen-bond acceptors (Lipinski definition) is 7. The lowest BCUT2D eigenvalue weighted by atomic mass is 9.90. The third-order valence-electron chi connectivity index (χ3n) is 5.22. The van der Waals surface area contributed by atoms with Crippen LogP contribution in [-0.4, -0.2) is 72.1 Å². The molecule has 0 amide bonds. The first-order chi connectivity index (χ1) is 14.9. The SMILES string of the molecule is CN1CC2(CCN(Cc3ccco3)CC2)Oc2ncccc2S1(=O)=O.O=C(O)C(F)(F)F.